The van der Waals surface area contributed by atoms with Gasteiger partial charge >= 0.3 is 0 Å². The lowest BCUT2D eigenvalue weighted by Gasteiger charge is -1.88. The Balaban J connectivity index is 2.34. The van der Waals surface area contributed by atoms with Crippen molar-refractivity contribution in [1.29, 1.82) is 0 Å². The van der Waals surface area contributed by atoms with Gasteiger partial charge in [-0.1, -0.05) is 13.3 Å². The summed E-state index contributed by atoms with van der Waals surface area (Å²) >= 11 is 0. The average molecular weight is 89.1 g/mol. The van der Waals surface area contributed by atoms with Gasteiger partial charge in [0.1, 0.15) is 0 Å². The van der Waals surface area contributed by atoms with E-state index in [1.165, 1.54) is 0 Å². The standard InChI is InChI=1S/C4H11NO/c1-2-3-4-5-6/h5-6H,2-4H2,1H3. The van der Waals surface area contributed by atoms with E-state index >= 15 is 0 Å². The van der Waals surface area contributed by atoms with Gasteiger partial charge in [-0.05, 0) is 6.42 Å². The van der Waals surface area contributed by atoms with Gasteiger partial charge in [-0.15, -0.1) is 0 Å². The van der Waals surface area contributed by atoms with Crippen LogP contribution in [-0.4, -0.2) is 11.8 Å². The predicted molar refractivity (Wildman–Crippen MR) is 24.7 cm³/mol. The Labute approximate surface area is 38.1 Å². The third kappa shape index (κ3) is 3.92. The maximum atomic E-state index is 7.95. The molecule has 0 aliphatic rings. The van der Waals surface area contributed by atoms with E-state index in [-0.39, 0.29) is 0 Å². The van der Waals surface area contributed by atoms with Crippen LogP contribution in [0.2, 0.25) is 0 Å². The predicted octanol–water partition coefficient (Wildman–Crippen LogP) is 0.765. The van der Waals surface area contributed by atoms with Crippen LogP contribution < -0.4 is 5.48 Å². The Hall–Kier alpha value is -0.0800. The van der Waals surface area contributed by atoms with Crippen LogP contribution in [0.5, 0.6) is 0 Å². The third-order valence-corrected chi connectivity index (χ3v) is 0.642. The summed E-state index contributed by atoms with van der Waals surface area (Å²) in [5.74, 6) is 0. The molecule has 0 aromatic carbocycles. The lowest BCUT2D eigenvalue weighted by atomic mass is 10.3. The largest absolute Gasteiger partial charge is 0.317 e. The Kier molecular flexibility index (Phi) is 4.85. The molecule has 0 aromatic rings. The summed E-state index contributed by atoms with van der Waals surface area (Å²) in [6.45, 7) is 2.80. The van der Waals surface area contributed by atoms with Gasteiger partial charge in [-0.25, -0.2) is 5.48 Å². The Morgan fingerprint density at radius 2 is 2.33 bits per heavy atom. The second-order valence-corrected chi connectivity index (χ2v) is 1.26. The normalized spacial score (nSPS) is 9.00. The van der Waals surface area contributed by atoms with Gasteiger partial charge in [-0.3, -0.25) is 0 Å². The van der Waals surface area contributed by atoms with Gasteiger partial charge in [0.2, 0.25) is 0 Å². The molecule has 6 heavy (non-hydrogen) atoms. The summed E-state index contributed by atoms with van der Waals surface area (Å²) in [5, 5.41) is 7.95. The summed E-state index contributed by atoms with van der Waals surface area (Å²) in [7, 11) is 0. The smallest absolute Gasteiger partial charge is 0.0207 e. The van der Waals surface area contributed by atoms with Crippen molar-refractivity contribution in [3.63, 3.8) is 0 Å². The molecule has 38 valence electrons. The van der Waals surface area contributed by atoms with Crippen LogP contribution in [0.4, 0.5) is 0 Å². The fraction of sp³-hybridized carbons (Fsp3) is 1.00. The van der Waals surface area contributed by atoms with Gasteiger partial charge in [-0.2, -0.15) is 0 Å². The molecule has 0 heterocycles. The molecule has 0 amide bonds. The summed E-state index contributed by atoms with van der Waals surface area (Å²) in [5.41, 5.74) is 2.07. The first kappa shape index (κ1) is 5.92. The second-order valence-electron chi connectivity index (χ2n) is 1.26. The van der Waals surface area contributed by atoms with Crippen molar-refractivity contribution in [2.75, 3.05) is 6.54 Å². The lowest BCUT2D eigenvalue weighted by molar-refractivity contribution is 0.165. The number of rotatable bonds is 3. The minimum absolute atomic E-state index is 0.719. The highest BCUT2D eigenvalue weighted by Gasteiger charge is 1.74. The number of hydrogen-bond donors (Lipinski definition) is 2. The molecule has 0 bridgehead atoms. The summed E-state index contributed by atoms with van der Waals surface area (Å²) < 4.78 is 0. The molecule has 2 nitrogen and oxygen atoms in total. The van der Waals surface area contributed by atoms with Crippen LogP contribution in [-0.2, 0) is 0 Å². The minimum Gasteiger partial charge on any atom is -0.317 e. The van der Waals surface area contributed by atoms with E-state index in [0.29, 0.717) is 0 Å². The molecule has 0 saturated carbocycles. The van der Waals surface area contributed by atoms with Crippen molar-refractivity contribution < 1.29 is 5.21 Å². The van der Waals surface area contributed by atoms with Crippen molar-refractivity contribution in [2.45, 2.75) is 19.8 Å². The quantitative estimate of drug-likeness (QED) is 0.395. The minimum atomic E-state index is 0.719. The van der Waals surface area contributed by atoms with Crippen molar-refractivity contribution in [2.24, 2.45) is 0 Å². The van der Waals surface area contributed by atoms with Gasteiger partial charge in [0.05, 0.1) is 0 Å². The summed E-state index contributed by atoms with van der Waals surface area (Å²) in [4.78, 5) is 0. The van der Waals surface area contributed by atoms with Gasteiger partial charge < -0.3 is 5.21 Å². The number of unbranched alkanes of at least 4 members (excludes halogenated alkanes) is 1. The van der Waals surface area contributed by atoms with Gasteiger partial charge in [0, 0.05) is 6.54 Å². The zero-order valence-electron chi connectivity index (χ0n) is 4.07. The van der Waals surface area contributed by atoms with Crippen LogP contribution >= 0.6 is 0 Å². The average Bonchev–Trinajstić information content (AvgIpc) is 1.61. The topological polar surface area (TPSA) is 32.3 Å². The SMILES string of the molecule is CCCCNO. The van der Waals surface area contributed by atoms with Crippen molar-refractivity contribution in [3.8, 4) is 0 Å². The van der Waals surface area contributed by atoms with Crippen LogP contribution in [0.3, 0.4) is 0 Å². The van der Waals surface area contributed by atoms with Crippen LogP contribution in [0, 0.1) is 0 Å². The number of nitrogens with one attached hydrogen (secondary N) is 1. The zero-order valence-corrected chi connectivity index (χ0v) is 4.07. The molecule has 0 fully saturated rings. The fourth-order valence-electron chi connectivity index (χ4n) is 0.256. The lowest BCUT2D eigenvalue weighted by Crippen LogP contribution is -2.07. The first-order valence-electron chi connectivity index (χ1n) is 2.28. The Morgan fingerprint density at radius 3 is 2.50 bits per heavy atom. The van der Waals surface area contributed by atoms with E-state index in [1.807, 2.05) is 0 Å². The van der Waals surface area contributed by atoms with Crippen molar-refractivity contribution in [3.05, 3.63) is 0 Å². The molecule has 0 unspecified atom stereocenters. The van der Waals surface area contributed by atoms with E-state index in [4.69, 9.17) is 5.21 Å². The molecule has 0 aliphatic carbocycles. The monoisotopic (exact) mass is 89.1 g/mol. The summed E-state index contributed by atoms with van der Waals surface area (Å²) in [6.07, 6.45) is 2.18. The molecule has 0 saturated heterocycles. The highest BCUT2D eigenvalue weighted by atomic mass is 16.5. The van der Waals surface area contributed by atoms with Crippen molar-refractivity contribution in [1.82, 2.24) is 5.48 Å². The molecule has 0 rings (SSSR count). The molecule has 0 radical (unpaired) electrons. The summed E-state index contributed by atoms with van der Waals surface area (Å²) in [6, 6.07) is 0. The second kappa shape index (κ2) is 4.92. The molecule has 0 atom stereocenters. The Morgan fingerprint density at radius 1 is 1.67 bits per heavy atom. The molecule has 0 aliphatic heterocycles. The van der Waals surface area contributed by atoms with E-state index in [9.17, 15) is 0 Å². The maximum absolute atomic E-state index is 7.95. The maximum Gasteiger partial charge on any atom is 0.0207 e. The zero-order chi connectivity index (χ0) is 4.83. The molecule has 0 spiro atoms. The van der Waals surface area contributed by atoms with E-state index < -0.39 is 0 Å². The number of hydrogen-bond acceptors (Lipinski definition) is 2. The molecular weight excluding hydrogens is 78.0 g/mol. The Bertz CT molecular complexity index is 19.5. The molecular formula is C4H11NO. The first-order chi connectivity index (χ1) is 2.91. The van der Waals surface area contributed by atoms with Gasteiger partial charge in [0.25, 0.3) is 0 Å². The highest BCUT2D eigenvalue weighted by molar-refractivity contribution is 4.30. The van der Waals surface area contributed by atoms with Crippen LogP contribution in [0.25, 0.3) is 0 Å². The fourth-order valence-corrected chi connectivity index (χ4v) is 0.256. The van der Waals surface area contributed by atoms with Crippen molar-refractivity contribution >= 4 is 0 Å². The third-order valence-electron chi connectivity index (χ3n) is 0.642. The number of hydroxylamine groups is 1. The van der Waals surface area contributed by atoms with E-state index in [1.54, 1.807) is 0 Å². The van der Waals surface area contributed by atoms with E-state index in [0.717, 1.165) is 19.4 Å². The van der Waals surface area contributed by atoms with Crippen LogP contribution in [0.1, 0.15) is 19.8 Å². The van der Waals surface area contributed by atoms with E-state index in [2.05, 4.69) is 12.4 Å². The van der Waals surface area contributed by atoms with Gasteiger partial charge in [0.15, 0.2) is 0 Å². The van der Waals surface area contributed by atoms with Crippen LogP contribution in [0.15, 0.2) is 0 Å². The molecule has 0 aromatic heterocycles. The highest BCUT2D eigenvalue weighted by Crippen LogP contribution is 1.79. The molecule has 2 N–H and O–H groups in total. The molecule has 2 heteroatoms. The first-order valence-corrected chi connectivity index (χ1v) is 2.28.